The van der Waals surface area contributed by atoms with Gasteiger partial charge in [0, 0.05) is 32.2 Å². The Morgan fingerprint density at radius 1 is 1.05 bits per heavy atom. The quantitative estimate of drug-likeness (QED) is 0.838. The first-order valence-electron chi connectivity index (χ1n) is 8.03. The largest absolute Gasteiger partial charge is 0.342 e. The summed E-state index contributed by atoms with van der Waals surface area (Å²) in [5.74, 6) is 0.351. The zero-order valence-corrected chi connectivity index (χ0v) is 12.4. The predicted molar refractivity (Wildman–Crippen MR) is 78.2 cm³/mol. The fourth-order valence-electron chi connectivity index (χ4n) is 3.20. The molecule has 0 aliphatic carbocycles. The van der Waals surface area contributed by atoms with Gasteiger partial charge < -0.3 is 10.2 Å². The van der Waals surface area contributed by atoms with Crippen LogP contribution >= 0.6 is 0 Å². The average molecular weight is 267 g/mol. The van der Waals surface area contributed by atoms with Crippen molar-refractivity contribution in [3.8, 4) is 0 Å². The van der Waals surface area contributed by atoms with Gasteiger partial charge in [0.05, 0.1) is 6.54 Å². The maximum absolute atomic E-state index is 12.3. The van der Waals surface area contributed by atoms with E-state index in [0.29, 0.717) is 18.5 Å². The fraction of sp³-hybridized carbons (Fsp3) is 0.933. The van der Waals surface area contributed by atoms with E-state index in [4.69, 9.17) is 0 Å². The van der Waals surface area contributed by atoms with Crippen LogP contribution in [0.3, 0.4) is 0 Å². The standard InChI is InChI=1S/C15H29N3O/c1-2-16-14-7-11-17(12-8-14)13-15(19)18-9-5-3-4-6-10-18/h14,16H,2-13H2,1H3. The zero-order chi connectivity index (χ0) is 13.5. The normalized spacial score (nSPS) is 23.3. The van der Waals surface area contributed by atoms with E-state index in [1.54, 1.807) is 0 Å². The van der Waals surface area contributed by atoms with Crippen molar-refractivity contribution in [2.75, 3.05) is 39.3 Å². The van der Waals surface area contributed by atoms with Crippen molar-refractivity contribution in [3.63, 3.8) is 0 Å². The minimum atomic E-state index is 0.351. The lowest BCUT2D eigenvalue weighted by Crippen LogP contribution is -2.47. The lowest BCUT2D eigenvalue weighted by molar-refractivity contribution is -0.132. The first kappa shape index (κ1) is 14.8. The molecule has 0 saturated carbocycles. The third kappa shape index (κ3) is 4.77. The Hall–Kier alpha value is -0.610. The smallest absolute Gasteiger partial charge is 0.236 e. The topological polar surface area (TPSA) is 35.6 Å². The summed E-state index contributed by atoms with van der Waals surface area (Å²) in [5.41, 5.74) is 0. The maximum atomic E-state index is 12.3. The molecule has 1 amide bonds. The third-order valence-corrected chi connectivity index (χ3v) is 4.40. The highest BCUT2D eigenvalue weighted by Crippen LogP contribution is 2.13. The van der Waals surface area contributed by atoms with Gasteiger partial charge in [-0.3, -0.25) is 9.69 Å². The van der Waals surface area contributed by atoms with Crippen molar-refractivity contribution < 1.29 is 4.79 Å². The SMILES string of the molecule is CCNC1CCN(CC(=O)N2CCCCCC2)CC1. The lowest BCUT2D eigenvalue weighted by Gasteiger charge is -2.33. The van der Waals surface area contributed by atoms with Crippen LogP contribution in [0.25, 0.3) is 0 Å². The van der Waals surface area contributed by atoms with E-state index in [-0.39, 0.29) is 0 Å². The summed E-state index contributed by atoms with van der Waals surface area (Å²) in [5, 5.41) is 3.51. The zero-order valence-electron chi connectivity index (χ0n) is 12.4. The Morgan fingerprint density at radius 3 is 2.26 bits per heavy atom. The molecule has 0 unspecified atom stereocenters. The molecule has 0 aromatic rings. The Bertz CT molecular complexity index is 267. The summed E-state index contributed by atoms with van der Waals surface area (Å²) in [6, 6.07) is 0.662. The molecule has 0 aromatic heterocycles. The number of hydrogen-bond donors (Lipinski definition) is 1. The molecule has 19 heavy (non-hydrogen) atoms. The van der Waals surface area contributed by atoms with Crippen LogP contribution in [-0.4, -0.2) is 61.0 Å². The van der Waals surface area contributed by atoms with Gasteiger partial charge in [0.1, 0.15) is 0 Å². The van der Waals surface area contributed by atoms with Gasteiger partial charge in [-0.2, -0.15) is 0 Å². The van der Waals surface area contributed by atoms with Crippen molar-refractivity contribution >= 4 is 5.91 Å². The van der Waals surface area contributed by atoms with Crippen molar-refractivity contribution in [3.05, 3.63) is 0 Å². The third-order valence-electron chi connectivity index (χ3n) is 4.40. The summed E-state index contributed by atoms with van der Waals surface area (Å²) in [7, 11) is 0. The van der Waals surface area contributed by atoms with E-state index in [1.165, 1.54) is 38.5 Å². The number of nitrogens with one attached hydrogen (secondary N) is 1. The van der Waals surface area contributed by atoms with E-state index >= 15 is 0 Å². The number of piperidine rings is 1. The number of likely N-dealkylation sites (tertiary alicyclic amines) is 2. The monoisotopic (exact) mass is 267 g/mol. The van der Waals surface area contributed by atoms with Crippen molar-refractivity contribution in [1.82, 2.24) is 15.1 Å². The van der Waals surface area contributed by atoms with Gasteiger partial charge in [-0.1, -0.05) is 19.8 Å². The summed E-state index contributed by atoms with van der Waals surface area (Å²) in [4.78, 5) is 16.7. The highest BCUT2D eigenvalue weighted by molar-refractivity contribution is 5.78. The molecule has 1 N–H and O–H groups in total. The van der Waals surface area contributed by atoms with Gasteiger partial charge in [0.2, 0.25) is 5.91 Å². The van der Waals surface area contributed by atoms with Gasteiger partial charge >= 0.3 is 0 Å². The Labute approximate surface area is 117 Å². The summed E-state index contributed by atoms with van der Waals surface area (Å²) in [6.07, 6.45) is 7.32. The second kappa shape index (κ2) is 7.85. The molecule has 2 heterocycles. The number of hydrogen-bond acceptors (Lipinski definition) is 3. The van der Waals surface area contributed by atoms with Crippen LogP contribution in [0.1, 0.15) is 45.4 Å². The number of amides is 1. The molecule has 2 rings (SSSR count). The minimum Gasteiger partial charge on any atom is -0.342 e. The molecule has 110 valence electrons. The molecule has 0 spiro atoms. The molecule has 2 aliphatic rings. The first-order chi connectivity index (χ1) is 9.29. The summed E-state index contributed by atoms with van der Waals surface area (Å²) < 4.78 is 0. The lowest BCUT2D eigenvalue weighted by atomic mass is 10.1. The Balaban J connectivity index is 1.70. The van der Waals surface area contributed by atoms with E-state index in [2.05, 4.69) is 22.0 Å². The second-order valence-electron chi connectivity index (χ2n) is 5.90. The van der Waals surface area contributed by atoms with E-state index in [1.807, 2.05) is 0 Å². The molecule has 0 bridgehead atoms. The molecule has 4 heteroatoms. The number of carbonyl (C=O) groups is 1. The van der Waals surface area contributed by atoms with Gasteiger partial charge in [-0.15, -0.1) is 0 Å². The first-order valence-corrected chi connectivity index (χ1v) is 8.03. The fourth-order valence-corrected chi connectivity index (χ4v) is 3.20. The number of carbonyl (C=O) groups excluding carboxylic acids is 1. The Morgan fingerprint density at radius 2 is 1.68 bits per heavy atom. The summed E-state index contributed by atoms with van der Waals surface area (Å²) >= 11 is 0. The van der Waals surface area contributed by atoms with E-state index in [0.717, 1.165) is 32.7 Å². The second-order valence-corrected chi connectivity index (χ2v) is 5.90. The molecule has 2 fully saturated rings. The van der Waals surface area contributed by atoms with Gasteiger partial charge in [0.25, 0.3) is 0 Å². The van der Waals surface area contributed by atoms with Crippen molar-refractivity contribution in [1.29, 1.82) is 0 Å². The molecule has 2 aliphatic heterocycles. The van der Waals surface area contributed by atoms with E-state index in [9.17, 15) is 4.79 Å². The summed E-state index contributed by atoms with van der Waals surface area (Å²) in [6.45, 7) is 7.94. The van der Waals surface area contributed by atoms with Crippen LogP contribution < -0.4 is 5.32 Å². The van der Waals surface area contributed by atoms with Gasteiger partial charge in [-0.05, 0) is 32.2 Å². The van der Waals surface area contributed by atoms with Crippen LogP contribution in [0.5, 0.6) is 0 Å². The number of rotatable bonds is 4. The average Bonchev–Trinajstić information content (AvgIpc) is 2.70. The predicted octanol–water partition coefficient (Wildman–Crippen LogP) is 1.46. The van der Waals surface area contributed by atoms with Crippen molar-refractivity contribution in [2.24, 2.45) is 0 Å². The van der Waals surface area contributed by atoms with Crippen LogP contribution in [-0.2, 0) is 4.79 Å². The van der Waals surface area contributed by atoms with Crippen molar-refractivity contribution in [2.45, 2.75) is 51.5 Å². The molecule has 4 nitrogen and oxygen atoms in total. The van der Waals surface area contributed by atoms with Gasteiger partial charge in [0.15, 0.2) is 0 Å². The Kier molecular flexibility index (Phi) is 6.11. The molecular formula is C15H29N3O. The highest BCUT2D eigenvalue weighted by Gasteiger charge is 2.22. The highest BCUT2D eigenvalue weighted by atomic mass is 16.2. The molecular weight excluding hydrogens is 238 g/mol. The van der Waals surface area contributed by atoms with E-state index < -0.39 is 0 Å². The maximum Gasteiger partial charge on any atom is 0.236 e. The minimum absolute atomic E-state index is 0.351. The van der Waals surface area contributed by atoms with Crippen LogP contribution in [0.2, 0.25) is 0 Å². The number of nitrogens with zero attached hydrogens (tertiary/aromatic N) is 2. The van der Waals surface area contributed by atoms with Gasteiger partial charge in [-0.25, -0.2) is 0 Å². The molecule has 0 radical (unpaired) electrons. The molecule has 0 aromatic carbocycles. The van der Waals surface area contributed by atoms with Crippen LogP contribution in [0, 0.1) is 0 Å². The molecule has 2 saturated heterocycles. The van der Waals surface area contributed by atoms with Crippen LogP contribution in [0.4, 0.5) is 0 Å². The van der Waals surface area contributed by atoms with Crippen LogP contribution in [0.15, 0.2) is 0 Å². The molecule has 0 atom stereocenters.